The molecule has 0 bridgehead atoms. The van der Waals surface area contributed by atoms with Gasteiger partial charge < -0.3 is 5.73 Å². The van der Waals surface area contributed by atoms with E-state index in [1.165, 1.54) is 25.7 Å². The van der Waals surface area contributed by atoms with Gasteiger partial charge in [0.15, 0.2) is 0 Å². The molecule has 0 amide bonds. The monoisotopic (exact) mass is 294 g/mol. The highest BCUT2D eigenvalue weighted by atomic mass is 32.2. The highest BCUT2D eigenvalue weighted by Gasteiger charge is 2.53. The first-order valence-electron chi connectivity index (χ1n) is 7.28. The van der Waals surface area contributed by atoms with Gasteiger partial charge in [-0.1, -0.05) is 12.1 Å². The Hall–Kier alpha value is -0.910. The van der Waals surface area contributed by atoms with Crippen LogP contribution >= 0.6 is 0 Å². The molecule has 110 valence electrons. The Labute approximate surface area is 120 Å². The summed E-state index contributed by atoms with van der Waals surface area (Å²) in [4.78, 5) is 0.327. The fraction of sp³-hybridized carbons (Fsp3) is 0.600. The molecule has 5 heteroatoms. The number of rotatable bonds is 6. The van der Waals surface area contributed by atoms with E-state index < -0.39 is 10.0 Å². The highest BCUT2D eigenvalue weighted by molar-refractivity contribution is 7.89. The molecule has 1 atom stereocenters. The van der Waals surface area contributed by atoms with E-state index in [2.05, 4.69) is 4.72 Å². The predicted molar refractivity (Wildman–Crippen MR) is 78.6 cm³/mol. The smallest absolute Gasteiger partial charge is 0.240 e. The van der Waals surface area contributed by atoms with E-state index in [1.807, 2.05) is 6.92 Å². The molecule has 2 aliphatic carbocycles. The SMILES string of the molecule is CC(N)c1ccc(S(=O)(=O)NCC2(C3CC3)CC2)cc1. The van der Waals surface area contributed by atoms with Gasteiger partial charge in [-0.25, -0.2) is 13.1 Å². The summed E-state index contributed by atoms with van der Waals surface area (Å²) in [6, 6.07) is 6.76. The molecule has 0 aliphatic heterocycles. The lowest BCUT2D eigenvalue weighted by Gasteiger charge is -2.15. The number of sulfonamides is 1. The largest absolute Gasteiger partial charge is 0.324 e. The zero-order valence-electron chi connectivity index (χ0n) is 11.8. The lowest BCUT2D eigenvalue weighted by molar-refractivity contribution is 0.432. The molecule has 0 radical (unpaired) electrons. The third-order valence-corrected chi connectivity index (χ3v) is 6.08. The van der Waals surface area contributed by atoms with Gasteiger partial charge in [0.1, 0.15) is 0 Å². The third-order valence-electron chi connectivity index (χ3n) is 4.67. The molecule has 4 nitrogen and oxygen atoms in total. The average molecular weight is 294 g/mol. The zero-order chi connectivity index (χ0) is 14.4. The fourth-order valence-electron chi connectivity index (χ4n) is 2.86. The van der Waals surface area contributed by atoms with Crippen molar-refractivity contribution in [2.24, 2.45) is 17.1 Å². The molecule has 0 spiro atoms. The lowest BCUT2D eigenvalue weighted by atomic mass is 10.0. The van der Waals surface area contributed by atoms with Crippen molar-refractivity contribution in [2.45, 2.75) is 43.5 Å². The maximum absolute atomic E-state index is 12.3. The Bertz CT molecular complexity index is 585. The number of nitrogens with two attached hydrogens (primary N) is 1. The molecular formula is C15H22N2O2S. The molecule has 0 saturated heterocycles. The van der Waals surface area contributed by atoms with Crippen LogP contribution in [0.5, 0.6) is 0 Å². The van der Waals surface area contributed by atoms with Gasteiger partial charge in [-0.2, -0.15) is 0 Å². The van der Waals surface area contributed by atoms with Gasteiger partial charge in [0.2, 0.25) is 10.0 Å². The topological polar surface area (TPSA) is 72.2 Å². The fourth-order valence-corrected chi connectivity index (χ4v) is 4.00. The van der Waals surface area contributed by atoms with Gasteiger partial charge in [-0.15, -0.1) is 0 Å². The number of hydrogen-bond donors (Lipinski definition) is 2. The first-order chi connectivity index (χ1) is 9.43. The van der Waals surface area contributed by atoms with Gasteiger partial charge in [0.25, 0.3) is 0 Å². The minimum absolute atomic E-state index is 0.0793. The Balaban J connectivity index is 1.68. The second-order valence-corrected chi connectivity index (χ2v) is 8.09. The summed E-state index contributed by atoms with van der Waals surface area (Å²) in [6.07, 6.45) is 4.88. The van der Waals surface area contributed by atoms with Gasteiger partial charge >= 0.3 is 0 Å². The second-order valence-electron chi connectivity index (χ2n) is 6.32. The molecule has 0 heterocycles. The normalized spacial score (nSPS) is 22.5. The Morgan fingerprint density at radius 2 is 1.90 bits per heavy atom. The van der Waals surface area contributed by atoms with Crippen molar-refractivity contribution >= 4 is 10.0 Å². The third kappa shape index (κ3) is 2.75. The summed E-state index contributed by atoms with van der Waals surface area (Å²) in [5.74, 6) is 0.755. The van der Waals surface area contributed by atoms with Crippen molar-refractivity contribution in [1.29, 1.82) is 0 Å². The van der Waals surface area contributed by atoms with Crippen LogP contribution in [0.2, 0.25) is 0 Å². The lowest BCUT2D eigenvalue weighted by Crippen LogP contribution is -2.31. The average Bonchev–Trinajstić information content (AvgIpc) is 3.28. The Morgan fingerprint density at radius 1 is 1.30 bits per heavy atom. The first-order valence-corrected chi connectivity index (χ1v) is 8.76. The van der Waals surface area contributed by atoms with Crippen LogP contribution in [-0.2, 0) is 10.0 Å². The van der Waals surface area contributed by atoms with E-state index in [1.54, 1.807) is 24.3 Å². The van der Waals surface area contributed by atoms with E-state index in [0.717, 1.165) is 11.5 Å². The van der Waals surface area contributed by atoms with E-state index in [9.17, 15) is 8.42 Å². The minimum atomic E-state index is -3.39. The summed E-state index contributed by atoms with van der Waals surface area (Å²) >= 11 is 0. The standard InChI is InChI=1S/C15H22N2O2S/c1-11(16)12-2-6-14(7-3-12)20(18,19)17-10-15(8-9-15)13-4-5-13/h2-3,6-7,11,13,17H,4-5,8-10,16H2,1H3. The van der Waals surface area contributed by atoms with Gasteiger partial charge in [0, 0.05) is 12.6 Å². The molecule has 1 aromatic rings. The molecule has 2 fully saturated rings. The van der Waals surface area contributed by atoms with Crippen molar-refractivity contribution in [3.63, 3.8) is 0 Å². The van der Waals surface area contributed by atoms with Crippen LogP contribution in [0.25, 0.3) is 0 Å². The molecule has 2 aliphatic rings. The molecule has 1 unspecified atom stereocenters. The van der Waals surface area contributed by atoms with E-state index in [0.29, 0.717) is 11.4 Å². The van der Waals surface area contributed by atoms with Crippen LogP contribution in [0.15, 0.2) is 29.2 Å². The Kier molecular flexibility index (Phi) is 3.39. The van der Waals surface area contributed by atoms with E-state index in [4.69, 9.17) is 5.73 Å². The van der Waals surface area contributed by atoms with Crippen LogP contribution in [-0.4, -0.2) is 15.0 Å². The van der Waals surface area contributed by atoms with Gasteiger partial charge in [-0.3, -0.25) is 0 Å². The van der Waals surface area contributed by atoms with Crippen molar-refractivity contribution in [1.82, 2.24) is 4.72 Å². The van der Waals surface area contributed by atoms with Gasteiger partial charge in [0.05, 0.1) is 4.90 Å². The first kappa shape index (κ1) is 14.0. The van der Waals surface area contributed by atoms with E-state index in [-0.39, 0.29) is 11.5 Å². The minimum Gasteiger partial charge on any atom is -0.324 e. The molecular weight excluding hydrogens is 272 g/mol. The molecule has 1 aromatic carbocycles. The Morgan fingerprint density at radius 3 is 2.35 bits per heavy atom. The van der Waals surface area contributed by atoms with Crippen LogP contribution < -0.4 is 10.5 Å². The van der Waals surface area contributed by atoms with Crippen LogP contribution in [0.1, 0.15) is 44.2 Å². The molecule has 20 heavy (non-hydrogen) atoms. The molecule has 2 saturated carbocycles. The highest BCUT2D eigenvalue weighted by Crippen LogP contribution is 2.60. The van der Waals surface area contributed by atoms with Crippen LogP contribution in [0, 0.1) is 11.3 Å². The predicted octanol–water partition coefficient (Wildman–Crippen LogP) is 2.17. The molecule has 3 N–H and O–H groups in total. The quantitative estimate of drug-likeness (QED) is 0.844. The maximum atomic E-state index is 12.3. The number of hydrogen-bond acceptors (Lipinski definition) is 3. The summed E-state index contributed by atoms with van der Waals surface area (Å²) in [5, 5.41) is 0. The summed E-state index contributed by atoms with van der Waals surface area (Å²) < 4.78 is 27.4. The maximum Gasteiger partial charge on any atom is 0.240 e. The zero-order valence-corrected chi connectivity index (χ0v) is 12.6. The molecule has 3 rings (SSSR count). The molecule has 0 aromatic heterocycles. The summed E-state index contributed by atoms with van der Waals surface area (Å²) in [5.41, 5.74) is 6.99. The van der Waals surface area contributed by atoms with Gasteiger partial charge in [-0.05, 0) is 61.6 Å². The van der Waals surface area contributed by atoms with Crippen molar-refractivity contribution in [3.05, 3.63) is 29.8 Å². The number of benzene rings is 1. The summed E-state index contributed by atoms with van der Waals surface area (Å²) in [7, 11) is -3.39. The van der Waals surface area contributed by atoms with Crippen molar-refractivity contribution in [3.8, 4) is 0 Å². The number of nitrogens with one attached hydrogen (secondary N) is 1. The van der Waals surface area contributed by atoms with E-state index >= 15 is 0 Å². The van der Waals surface area contributed by atoms with Crippen LogP contribution in [0.3, 0.4) is 0 Å². The second kappa shape index (κ2) is 4.83. The van der Waals surface area contributed by atoms with Crippen molar-refractivity contribution in [2.75, 3.05) is 6.54 Å². The van der Waals surface area contributed by atoms with Crippen LogP contribution in [0.4, 0.5) is 0 Å². The van der Waals surface area contributed by atoms with Crippen molar-refractivity contribution < 1.29 is 8.42 Å². The summed E-state index contributed by atoms with van der Waals surface area (Å²) in [6.45, 7) is 2.48.